The van der Waals surface area contributed by atoms with Gasteiger partial charge in [-0.3, -0.25) is 0 Å². The van der Waals surface area contributed by atoms with Crippen LogP contribution in [0.5, 0.6) is 5.88 Å². The normalized spacial score (nSPS) is 11.6. The van der Waals surface area contributed by atoms with E-state index in [1.807, 2.05) is 6.92 Å². The largest absolute Gasteiger partial charge is 0.360 e. The second-order valence-corrected chi connectivity index (χ2v) is 5.63. The third kappa shape index (κ3) is 3.13. The lowest BCUT2D eigenvalue weighted by Gasteiger charge is -2.07. The quantitative estimate of drug-likeness (QED) is 0.787. The average molecular weight is 299 g/mol. The third-order valence-corrected chi connectivity index (χ3v) is 3.22. The zero-order chi connectivity index (χ0) is 14.8. The number of nitrogens with zero attached hydrogens (tertiary/aromatic N) is 3. The van der Waals surface area contributed by atoms with Crippen LogP contribution in [-0.4, -0.2) is 29.2 Å². The van der Waals surface area contributed by atoms with Crippen LogP contribution in [0.25, 0.3) is 5.82 Å². The zero-order valence-electron chi connectivity index (χ0n) is 11.1. The van der Waals surface area contributed by atoms with Crippen molar-refractivity contribution in [3.63, 3.8) is 0 Å². The topological polar surface area (TPSA) is 74.1 Å². The Morgan fingerprint density at radius 1 is 1.40 bits per heavy atom. The van der Waals surface area contributed by atoms with E-state index in [0.29, 0.717) is 17.9 Å². The van der Waals surface area contributed by atoms with Gasteiger partial charge in [0, 0.05) is 11.8 Å². The summed E-state index contributed by atoms with van der Waals surface area (Å²) in [5.74, 6) is 0.339. The van der Waals surface area contributed by atoms with E-state index >= 15 is 0 Å². The Labute approximate surface area is 116 Å². The van der Waals surface area contributed by atoms with Gasteiger partial charge in [0.2, 0.25) is 11.9 Å². The van der Waals surface area contributed by atoms with Crippen molar-refractivity contribution in [3.8, 4) is 11.7 Å². The van der Waals surface area contributed by atoms with Crippen LogP contribution in [0.15, 0.2) is 24.3 Å². The summed E-state index contributed by atoms with van der Waals surface area (Å²) in [6.45, 7) is 3.66. The first-order valence-electron chi connectivity index (χ1n) is 5.96. The third-order valence-electron chi connectivity index (χ3n) is 2.53. The van der Waals surface area contributed by atoms with Crippen LogP contribution in [-0.2, 0) is 16.5 Å². The minimum absolute atomic E-state index is 0.0717. The minimum Gasteiger partial charge on any atom is -0.360 e. The van der Waals surface area contributed by atoms with E-state index in [9.17, 15) is 12.8 Å². The molecular weight excluding hydrogens is 285 g/mol. The highest BCUT2D eigenvalue weighted by atomic mass is 32.2. The Bertz CT molecular complexity index is 712. The standard InChI is InChI=1S/C12H14FN3O3S/c1-3-10-7-12(19-20(17,18)8-13)16(15-10)11-6-4-5-9(2)14-11/h4-7H,3,8H2,1-2H3. The lowest BCUT2D eigenvalue weighted by molar-refractivity contribution is 0.435. The number of alkyl halides is 1. The van der Waals surface area contributed by atoms with Gasteiger partial charge in [0.05, 0.1) is 5.69 Å². The summed E-state index contributed by atoms with van der Waals surface area (Å²) < 4.78 is 40.9. The van der Waals surface area contributed by atoms with Crippen LogP contribution in [0.4, 0.5) is 4.39 Å². The molecule has 0 radical (unpaired) electrons. The molecule has 2 heterocycles. The first kappa shape index (κ1) is 14.4. The Hall–Kier alpha value is -1.96. The summed E-state index contributed by atoms with van der Waals surface area (Å²) >= 11 is 0. The molecule has 2 rings (SSSR count). The van der Waals surface area contributed by atoms with Crippen LogP contribution in [0.2, 0.25) is 0 Å². The van der Waals surface area contributed by atoms with E-state index in [1.54, 1.807) is 25.1 Å². The van der Waals surface area contributed by atoms with Crippen molar-refractivity contribution in [2.75, 3.05) is 6.01 Å². The van der Waals surface area contributed by atoms with Crippen molar-refractivity contribution >= 4 is 10.1 Å². The van der Waals surface area contributed by atoms with Crippen LogP contribution >= 0.6 is 0 Å². The number of aromatic nitrogens is 3. The summed E-state index contributed by atoms with van der Waals surface area (Å²) in [5.41, 5.74) is 1.37. The maximum Gasteiger partial charge on any atom is 0.340 e. The van der Waals surface area contributed by atoms with E-state index in [1.165, 1.54) is 10.7 Å². The minimum atomic E-state index is -4.26. The van der Waals surface area contributed by atoms with Gasteiger partial charge < -0.3 is 4.18 Å². The fraction of sp³-hybridized carbons (Fsp3) is 0.333. The molecule has 0 aliphatic heterocycles. The van der Waals surface area contributed by atoms with Crippen molar-refractivity contribution in [1.82, 2.24) is 14.8 Å². The molecular formula is C12H14FN3O3S. The summed E-state index contributed by atoms with van der Waals surface area (Å²) in [4.78, 5) is 4.24. The molecule has 8 heteroatoms. The maximum atomic E-state index is 12.4. The molecule has 0 unspecified atom stereocenters. The number of halogens is 1. The van der Waals surface area contributed by atoms with E-state index < -0.39 is 16.1 Å². The van der Waals surface area contributed by atoms with E-state index in [0.717, 1.165) is 5.69 Å². The lowest BCUT2D eigenvalue weighted by Crippen LogP contribution is -2.14. The summed E-state index contributed by atoms with van der Waals surface area (Å²) in [6.07, 6.45) is 0.588. The average Bonchev–Trinajstić information content (AvgIpc) is 2.81. The van der Waals surface area contributed by atoms with E-state index in [2.05, 4.69) is 10.1 Å². The second-order valence-electron chi connectivity index (χ2n) is 4.13. The van der Waals surface area contributed by atoms with Crippen molar-refractivity contribution in [2.24, 2.45) is 0 Å². The second kappa shape index (κ2) is 5.58. The van der Waals surface area contributed by atoms with Gasteiger partial charge >= 0.3 is 10.1 Å². The molecule has 6 nitrogen and oxygen atoms in total. The van der Waals surface area contributed by atoms with Crippen molar-refractivity contribution in [3.05, 3.63) is 35.7 Å². The molecule has 0 aliphatic rings. The molecule has 0 saturated heterocycles. The molecule has 0 amide bonds. The summed E-state index contributed by atoms with van der Waals surface area (Å²) in [5, 5.41) is 4.20. The van der Waals surface area contributed by atoms with Gasteiger partial charge in [-0.05, 0) is 25.5 Å². The molecule has 2 aromatic rings. The Kier molecular flexibility index (Phi) is 4.03. The molecule has 20 heavy (non-hydrogen) atoms. The summed E-state index contributed by atoms with van der Waals surface area (Å²) in [6, 6.07) is 5.08. The van der Waals surface area contributed by atoms with Gasteiger partial charge in [0.15, 0.2) is 5.82 Å². The molecule has 0 saturated carbocycles. The van der Waals surface area contributed by atoms with Crippen molar-refractivity contribution in [1.29, 1.82) is 0 Å². The smallest absolute Gasteiger partial charge is 0.340 e. The Balaban J connectivity index is 2.49. The number of hydrogen-bond donors (Lipinski definition) is 0. The Morgan fingerprint density at radius 2 is 2.15 bits per heavy atom. The van der Waals surface area contributed by atoms with Gasteiger partial charge in [0.1, 0.15) is 0 Å². The molecule has 108 valence electrons. The number of aryl methyl sites for hydroxylation is 2. The zero-order valence-corrected chi connectivity index (χ0v) is 11.9. The van der Waals surface area contributed by atoms with Crippen LogP contribution in [0.1, 0.15) is 18.3 Å². The molecule has 0 atom stereocenters. The predicted molar refractivity (Wildman–Crippen MR) is 71.0 cm³/mol. The number of hydrogen-bond acceptors (Lipinski definition) is 5. The van der Waals surface area contributed by atoms with Gasteiger partial charge in [-0.15, -0.1) is 0 Å². The molecule has 0 aromatic carbocycles. The SMILES string of the molecule is CCc1cc(OS(=O)(=O)CF)n(-c2cccc(C)n2)n1. The monoisotopic (exact) mass is 299 g/mol. The first-order valence-corrected chi connectivity index (χ1v) is 7.54. The lowest BCUT2D eigenvalue weighted by atomic mass is 10.3. The van der Waals surface area contributed by atoms with E-state index in [-0.39, 0.29) is 5.88 Å². The Morgan fingerprint density at radius 3 is 2.75 bits per heavy atom. The highest BCUT2D eigenvalue weighted by Gasteiger charge is 2.18. The van der Waals surface area contributed by atoms with Gasteiger partial charge in [-0.1, -0.05) is 13.0 Å². The number of pyridine rings is 1. The molecule has 0 aliphatic carbocycles. The highest BCUT2D eigenvalue weighted by Crippen LogP contribution is 2.20. The molecule has 0 fully saturated rings. The van der Waals surface area contributed by atoms with Gasteiger partial charge in [-0.25, -0.2) is 9.37 Å². The summed E-state index contributed by atoms with van der Waals surface area (Å²) in [7, 11) is -4.26. The van der Waals surface area contributed by atoms with Gasteiger partial charge in [0.25, 0.3) is 0 Å². The van der Waals surface area contributed by atoms with Gasteiger partial charge in [-0.2, -0.15) is 18.2 Å². The van der Waals surface area contributed by atoms with E-state index in [4.69, 9.17) is 4.18 Å². The molecule has 2 aromatic heterocycles. The fourth-order valence-electron chi connectivity index (χ4n) is 1.61. The first-order chi connectivity index (χ1) is 9.45. The molecule has 0 N–H and O–H groups in total. The van der Waals surface area contributed by atoms with Crippen LogP contribution in [0, 0.1) is 6.92 Å². The van der Waals surface area contributed by atoms with Crippen LogP contribution < -0.4 is 4.18 Å². The molecule has 0 bridgehead atoms. The number of rotatable bonds is 5. The van der Waals surface area contributed by atoms with Crippen LogP contribution in [0.3, 0.4) is 0 Å². The van der Waals surface area contributed by atoms with Crippen molar-refractivity contribution in [2.45, 2.75) is 20.3 Å². The highest BCUT2D eigenvalue weighted by molar-refractivity contribution is 7.86. The fourth-order valence-corrected chi connectivity index (χ4v) is 2.03. The maximum absolute atomic E-state index is 12.4. The molecule has 0 spiro atoms. The predicted octanol–water partition coefficient (Wildman–Crippen LogP) is 1.77. The van der Waals surface area contributed by atoms with Crippen molar-refractivity contribution < 1.29 is 17.0 Å².